The van der Waals surface area contributed by atoms with Gasteiger partial charge in [0.15, 0.2) is 0 Å². The SMILES string of the molecule is Cn1ccnc1C(NCCc1ccccn1)c1cccs1. The van der Waals surface area contributed by atoms with Crippen LogP contribution in [0, 0.1) is 0 Å². The van der Waals surface area contributed by atoms with E-state index in [9.17, 15) is 0 Å². The number of nitrogens with one attached hydrogen (secondary N) is 1. The van der Waals surface area contributed by atoms with Crippen LogP contribution in [0.3, 0.4) is 0 Å². The molecule has 0 aliphatic rings. The van der Waals surface area contributed by atoms with Gasteiger partial charge in [0.25, 0.3) is 0 Å². The molecular weight excluding hydrogens is 280 g/mol. The number of nitrogens with zero attached hydrogens (tertiary/aromatic N) is 3. The molecule has 0 bridgehead atoms. The molecular formula is C16H18N4S. The lowest BCUT2D eigenvalue weighted by molar-refractivity contribution is 0.565. The fraction of sp³-hybridized carbons (Fsp3) is 0.250. The Hall–Kier alpha value is -1.98. The smallest absolute Gasteiger partial charge is 0.131 e. The van der Waals surface area contributed by atoms with Crippen LogP contribution in [0.1, 0.15) is 22.4 Å². The summed E-state index contributed by atoms with van der Waals surface area (Å²) in [6.07, 6.45) is 6.57. The first-order chi connectivity index (χ1) is 10.3. The summed E-state index contributed by atoms with van der Waals surface area (Å²) in [5, 5.41) is 5.70. The number of thiophene rings is 1. The van der Waals surface area contributed by atoms with E-state index in [1.807, 2.05) is 37.8 Å². The van der Waals surface area contributed by atoms with Gasteiger partial charge in [-0.1, -0.05) is 12.1 Å². The number of hydrogen-bond acceptors (Lipinski definition) is 4. The molecule has 3 rings (SSSR count). The number of aromatic nitrogens is 3. The zero-order valence-corrected chi connectivity index (χ0v) is 12.8. The Balaban J connectivity index is 1.70. The van der Waals surface area contributed by atoms with Crippen LogP contribution in [0.5, 0.6) is 0 Å². The van der Waals surface area contributed by atoms with Gasteiger partial charge < -0.3 is 9.88 Å². The van der Waals surface area contributed by atoms with E-state index in [2.05, 4.69) is 43.4 Å². The van der Waals surface area contributed by atoms with Gasteiger partial charge in [0.05, 0.1) is 0 Å². The number of hydrogen-bond donors (Lipinski definition) is 1. The van der Waals surface area contributed by atoms with Crippen LogP contribution in [0.2, 0.25) is 0 Å². The van der Waals surface area contributed by atoms with E-state index in [0.29, 0.717) is 0 Å². The topological polar surface area (TPSA) is 42.7 Å². The Morgan fingerprint density at radius 2 is 2.14 bits per heavy atom. The molecule has 0 saturated carbocycles. The van der Waals surface area contributed by atoms with Crippen LogP contribution in [0.4, 0.5) is 0 Å². The lowest BCUT2D eigenvalue weighted by Gasteiger charge is -2.17. The molecule has 1 atom stereocenters. The fourth-order valence-electron chi connectivity index (χ4n) is 2.32. The average Bonchev–Trinajstić information content (AvgIpc) is 3.17. The summed E-state index contributed by atoms with van der Waals surface area (Å²) in [4.78, 5) is 10.1. The zero-order valence-electron chi connectivity index (χ0n) is 11.9. The number of imidazole rings is 1. The minimum Gasteiger partial charge on any atom is -0.336 e. The Labute approximate surface area is 128 Å². The molecule has 5 heteroatoms. The molecule has 3 heterocycles. The monoisotopic (exact) mass is 298 g/mol. The molecule has 0 aliphatic carbocycles. The van der Waals surface area contributed by atoms with Crippen molar-refractivity contribution in [3.63, 3.8) is 0 Å². The Kier molecular flexibility index (Phi) is 4.43. The second kappa shape index (κ2) is 6.65. The molecule has 0 aromatic carbocycles. The standard InChI is InChI=1S/C16H18N4S/c1-20-11-10-19-16(20)15(14-6-4-12-21-14)18-9-7-13-5-2-3-8-17-13/h2-6,8,10-12,15,18H,7,9H2,1H3. The highest BCUT2D eigenvalue weighted by Gasteiger charge is 2.18. The highest BCUT2D eigenvalue weighted by atomic mass is 32.1. The van der Waals surface area contributed by atoms with Crippen molar-refractivity contribution in [2.24, 2.45) is 7.05 Å². The van der Waals surface area contributed by atoms with Crippen molar-refractivity contribution >= 4 is 11.3 Å². The van der Waals surface area contributed by atoms with Gasteiger partial charge >= 0.3 is 0 Å². The molecule has 0 radical (unpaired) electrons. The van der Waals surface area contributed by atoms with Gasteiger partial charge in [0.1, 0.15) is 11.9 Å². The Bertz CT molecular complexity index is 661. The maximum absolute atomic E-state index is 4.49. The van der Waals surface area contributed by atoms with Gasteiger partial charge in [-0.25, -0.2) is 4.98 Å². The van der Waals surface area contributed by atoms with Crippen LogP contribution in [0.15, 0.2) is 54.3 Å². The van der Waals surface area contributed by atoms with Crippen LogP contribution >= 0.6 is 11.3 Å². The van der Waals surface area contributed by atoms with E-state index in [0.717, 1.165) is 24.5 Å². The first-order valence-electron chi connectivity index (χ1n) is 6.98. The quantitative estimate of drug-likeness (QED) is 0.761. The van der Waals surface area contributed by atoms with Crippen molar-refractivity contribution in [1.82, 2.24) is 19.9 Å². The van der Waals surface area contributed by atoms with E-state index in [-0.39, 0.29) is 6.04 Å². The summed E-state index contributed by atoms with van der Waals surface area (Å²) in [5.74, 6) is 1.04. The zero-order chi connectivity index (χ0) is 14.5. The van der Waals surface area contributed by atoms with Gasteiger partial charge in [-0.2, -0.15) is 0 Å². The second-order valence-corrected chi connectivity index (χ2v) is 5.85. The minimum atomic E-state index is 0.133. The third-order valence-electron chi connectivity index (χ3n) is 3.40. The van der Waals surface area contributed by atoms with Gasteiger partial charge in [0.2, 0.25) is 0 Å². The molecule has 0 amide bonds. The third-order valence-corrected chi connectivity index (χ3v) is 4.34. The van der Waals surface area contributed by atoms with Crippen LogP contribution in [-0.4, -0.2) is 21.1 Å². The molecule has 21 heavy (non-hydrogen) atoms. The summed E-state index contributed by atoms with van der Waals surface area (Å²) in [6, 6.07) is 10.4. The molecule has 0 saturated heterocycles. The summed E-state index contributed by atoms with van der Waals surface area (Å²) < 4.78 is 2.07. The Morgan fingerprint density at radius 1 is 1.19 bits per heavy atom. The minimum absolute atomic E-state index is 0.133. The molecule has 0 aliphatic heterocycles. The average molecular weight is 298 g/mol. The van der Waals surface area contributed by atoms with Crippen molar-refractivity contribution in [3.8, 4) is 0 Å². The fourth-order valence-corrected chi connectivity index (χ4v) is 3.12. The lowest BCUT2D eigenvalue weighted by Crippen LogP contribution is -2.26. The van der Waals surface area contributed by atoms with Crippen LogP contribution in [0.25, 0.3) is 0 Å². The van der Waals surface area contributed by atoms with Crippen molar-refractivity contribution < 1.29 is 0 Å². The van der Waals surface area contributed by atoms with Crippen molar-refractivity contribution in [3.05, 3.63) is 70.7 Å². The second-order valence-electron chi connectivity index (χ2n) is 4.87. The lowest BCUT2D eigenvalue weighted by atomic mass is 10.2. The molecule has 4 nitrogen and oxygen atoms in total. The van der Waals surface area contributed by atoms with Gasteiger partial charge in [-0.3, -0.25) is 4.98 Å². The summed E-state index contributed by atoms with van der Waals surface area (Å²) >= 11 is 1.75. The van der Waals surface area contributed by atoms with Gasteiger partial charge in [-0.05, 0) is 23.6 Å². The van der Waals surface area contributed by atoms with Crippen LogP contribution in [-0.2, 0) is 13.5 Å². The number of pyridine rings is 1. The van der Waals surface area contributed by atoms with E-state index in [4.69, 9.17) is 0 Å². The molecule has 3 aromatic rings. The normalized spacial score (nSPS) is 12.4. The van der Waals surface area contributed by atoms with Crippen LogP contribution < -0.4 is 5.32 Å². The third kappa shape index (κ3) is 3.37. The first kappa shape index (κ1) is 14.0. The van der Waals surface area contributed by atoms with Crippen molar-refractivity contribution in [2.45, 2.75) is 12.5 Å². The number of rotatable bonds is 6. The summed E-state index contributed by atoms with van der Waals surface area (Å²) in [6.45, 7) is 0.868. The summed E-state index contributed by atoms with van der Waals surface area (Å²) in [7, 11) is 2.03. The van der Waals surface area contributed by atoms with Gasteiger partial charge in [0, 0.05) is 49.2 Å². The molecule has 0 spiro atoms. The number of aryl methyl sites for hydroxylation is 1. The molecule has 1 N–H and O–H groups in total. The van der Waals surface area contributed by atoms with E-state index < -0.39 is 0 Å². The predicted octanol–water partition coefficient (Wildman–Crippen LogP) is 2.80. The van der Waals surface area contributed by atoms with E-state index in [1.165, 1.54) is 4.88 Å². The van der Waals surface area contributed by atoms with E-state index in [1.54, 1.807) is 11.3 Å². The highest BCUT2D eigenvalue weighted by molar-refractivity contribution is 7.10. The predicted molar refractivity (Wildman–Crippen MR) is 85.3 cm³/mol. The van der Waals surface area contributed by atoms with Crippen molar-refractivity contribution in [1.29, 1.82) is 0 Å². The molecule has 1 unspecified atom stereocenters. The largest absolute Gasteiger partial charge is 0.336 e. The van der Waals surface area contributed by atoms with E-state index >= 15 is 0 Å². The summed E-state index contributed by atoms with van der Waals surface area (Å²) in [5.41, 5.74) is 1.11. The molecule has 108 valence electrons. The molecule has 0 fully saturated rings. The maximum atomic E-state index is 4.49. The van der Waals surface area contributed by atoms with Crippen molar-refractivity contribution in [2.75, 3.05) is 6.54 Å². The first-order valence-corrected chi connectivity index (χ1v) is 7.86. The maximum Gasteiger partial charge on any atom is 0.131 e. The van der Waals surface area contributed by atoms with Gasteiger partial charge in [-0.15, -0.1) is 11.3 Å². The molecule has 3 aromatic heterocycles. The highest BCUT2D eigenvalue weighted by Crippen LogP contribution is 2.24. The Morgan fingerprint density at radius 3 is 2.81 bits per heavy atom.